The molecule has 0 radical (unpaired) electrons. The molecule has 11 heteroatoms. The third kappa shape index (κ3) is 5.35. The molecule has 0 aliphatic heterocycles. The molecule has 11 nitrogen and oxygen atoms in total. The molecule has 0 saturated carbocycles. The molecule has 0 saturated heterocycles. The Morgan fingerprint density at radius 3 is 2.66 bits per heavy atom. The number of aromatic nitrogens is 5. The number of aryl methyl sites for hydroxylation is 2. The van der Waals surface area contributed by atoms with Crippen molar-refractivity contribution in [2.45, 2.75) is 26.3 Å². The van der Waals surface area contributed by atoms with Crippen molar-refractivity contribution >= 4 is 5.91 Å². The number of ether oxygens (including phenoxy) is 1. The van der Waals surface area contributed by atoms with Gasteiger partial charge in [-0.3, -0.25) is 14.2 Å². The predicted molar refractivity (Wildman–Crippen MR) is 126 cm³/mol. The van der Waals surface area contributed by atoms with Crippen LogP contribution in [0, 0.1) is 6.92 Å². The molecule has 0 spiro atoms. The van der Waals surface area contributed by atoms with Crippen LogP contribution < -0.4 is 21.3 Å². The minimum atomic E-state index is -0.651. The summed E-state index contributed by atoms with van der Waals surface area (Å²) in [5.74, 6) is 0.629. The molecular formula is C24H24N6O5. The fraction of sp³-hybridized carbons (Fsp3) is 0.250. The average Bonchev–Trinajstić information content (AvgIpc) is 3.34. The number of carbonyl (C=O) groups excluding carboxylic acids is 1. The first-order chi connectivity index (χ1) is 16.9. The van der Waals surface area contributed by atoms with Crippen LogP contribution in [0.5, 0.6) is 5.75 Å². The Labute approximate surface area is 200 Å². The van der Waals surface area contributed by atoms with Crippen molar-refractivity contribution in [1.29, 1.82) is 0 Å². The SMILES string of the molecule is COc1cccc(CNC(=O)CCc2nc(-c3nn(-c4ccc(C)cc4)c(=O)n(C)c3=O)no2)c1. The van der Waals surface area contributed by atoms with Crippen LogP contribution in [0.1, 0.15) is 23.4 Å². The zero-order valence-corrected chi connectivity index (χ0v) is 19.5. The Hall–Kier alpha value is -4.54. The third-order valence-electron chi connectivity index (χ3n) is 5.32. The second-order valence-corrected chi connectivity index (χ2v) is 7.88. The minimum absolute atomic E-state index is 0.0572. The maximum Gasteiger partial charge on any atom is 0.351 e. The molecule has 4 rings (SSSR count). The van der Waals surface area contributed by atoms with E-state index in [1.165, 1.54) is 7.05 Å². The van der Waals surface area contributed by atoms with E-state index in [0.29, 0.717) is 18.0 Å². The second-order valence-electron chi connectivity index (χ2n) is 7.88. The molecule has 0 aliphatic carbocycles. The van der Waals surface area contributed by atoms with E-state index in [-0.39, 0.29) is 36.2 Å². The van der Waals surface area contributed by atoms with E-state index in [1.54, 1.807) is 19.2 Å². The lowest BCUT2D eigenvalue weighted by Gasteiger charge is -2.08. The van der Waals surface area contributed by atoms with E-state index < -0.39 is 11.2 Å². The first-order valence-electron chi connectivity index (χ1n) is 10.9. The van der Waals surface area contributed by atoms with E-state index in [4.69, 9.17) is 9.26 Å². The number of methoxy groups -OCH3 is 1. The molecule has 0 fully saturated rings. The Morgan fingerprint density at radius 1 is 1.14 bits per heavy atom. The van der Waals surface area contributed by atoms with E-state index in [1.807, 2.05) is 43.3 Å². The third-order valence-corrected chi connectivity index (χ3v) is 5.32. The zero-order chi connectivity index (χ0) is 24.9. The fourth-order valence-electron chi connectivity index (χ4n) is 3.31. The van der Waals surface area contributed by atoms with Crippen LogP contribution in [-0.2, 0) is 24.8 Å². The number of hydrogen-bond donors (Lipinski definition) is 1. The summed E-state index contributed by atoms with van der Waals surface area (Å²) in [5.41, 5.74) is 1.03. The number of nitrogens with zero attached hydrogens (tertiary/aromatic N) is 5. The molecular weight excluding hydrogens is 452 g/mol. The van der Waals surface area contributed by atoms with Crippen LogP contribution in [0.3, 0.4) is 0 Å². The minimum Gasteiger partial charge on any atom is -0.497 e. The molecule has 0 atom stereocenters. The van der Waals surface area contributed by atoms with Gasteiger partial charge in [-0.15, -0.1) is 0 Å². The normalized spacial score (nSPS) is 10.8. The van der Waals surface area contributed by atoms with Crippen LogP contribution in [0.15, 0.2) is 62.6 Å². The Kier molecular flexibility index (Phi) is 6.86. The van der Waals surface area contributed by atoms with Gasteiger partial charge in [0.15, 0.2) is 5.69 Å². The lowest BCUT2D eigenvalue weighted by atomic mass is 10.2. The fourth-order valence-corrected chi connectivity index (χ4v) is 3.31. The van der Waals surface area contributed by atoms with Gasteiger partial charge >= 0.3 is 5.69 Å². The van der Waals surface area contributed by atoms with Gasteiger partial charge in [-0.1, -0.05) is 35.0 Å². The largest absolute Gasteiger partial charge is 0.497 e. The summed E-state index contributed by atoms with van der Waals surface area (Å²) in [5, 5.41) is 10.8. The lowest BCUT2D eigenvalue weighted by Crippen LogP contribution is -2.40. The van der Waals surface area contributed by atoms with Crippen LogP contribution in [0.2, 0.25) is 0 Å². The first-order valence-corrected chi connectivity index (χ1v) is 10.9. The van der Waals surface area contributed by atoms with Crippen LogP contribution in [0.25, 0.3) is 17.2 Å². The summed E-state index contributed by atoms with van der Waals surface area (Å²) < 4.78 is 12.4. The molecule has 0 unspecified atom stereocenters. The summed E-state index contributed by atoms with van der Waals surface area (Å²) in [6.45, 7) is 2.28. The predicted octanol–water partition coefficient (Wildman–Crippen LogP) is 1.55. The Balaban J connectivity index is 1.46. The second kappa shape index (κ2) is 10.2. The zero-order valence-electron chi connectivity index (χ0n) is 19.5. The van der Waals surface area contributed by atoms with Crippen molar-refractivity contribution in [3.63, 3.8) is 0 Å². The molecule has 1 N–H and O–H groups in total. The molecule has 35 heavy (non-hydrogen) atoms. The topological polar surface area (TPSA) is 134 Å². The van der Waals surface area contributed by atoms with Gasteiger partial charge in [-0.25, -0.2) is 4.79 Å². The van der Waals surface area contributed by atoms with Crippen molar-refractivity contribution in [1.82, 2.24) is 29.8 Å². The van der Waals surface area contributed by atoms with E-state index >= 15 is 0 Å². The lowest BCUT2D eigenvalue weighted by molar-refractivity contribution is -0.121. The number of hydrogen-bond acceptors (Lipinski definition) is 8. The molecule has 1 amide bonds. The molecule has 0 aliphatic rings. The number of amides is 1. The van der Waals surface area contributed by atoms with Gasteiger partial charge in [0.1, 0.15) is 5.75 Å². The monoisotopic (exact) mass is 476 g/mol. The van der Waals surface area contributed by atoms with Crippen molar-refractivity contribution in [3.05, 3.63) is 86.4 Å². The number of carbonyl (C=O) groups is 1. The van der Waals surface area contributed by atoms with Gasteiger partial charge in [0, 0.05) is 26.4 Å². The van der Waals surface area contributed by atoms with Gasteiger partial charge in [-0.05, 0) is 36.8 Å². The first kappa shape index (κ1) is 23.6. The van der Waals surface area contributed by atoms with Crippen molar-refractivity contribution in [2.24, 2.45) is 7.05 Å². The van der Waals surface area contributed by atoms with Crippen molar-refractivity contribution in [3.8, 4) is 23.0 Å². The van der Waals surface area contributed by atoms with E-state index in [2.05, 4.69) is 20.6 Å². The quantitative estimate of drug-likeness (QED) is 0.405. The van der Waals surface area contributed by atoms with E-state index in [0.717, 1.165) is 20.4 Å². The molecule has 0 bridgehead atoms. The highest BCUT2D eigenvalue weighted by molar-refractivity contribution is 5.76. The molecule has 4 aromatic rings. The summed E-state index contributed by atoms with van der Waals surface area (Å²) >= 11 is 0. The summed E-state index contributed by atoms with van der Waals surface area (Å²) in [6.07, 6.45) is 0.286. The van der Waals surface area contributed by atoms with Crippen LogP contribution >= 0.6 is 0 Å². The van der Waals surface area contributed by atoms with Gasteiger partial charge < -0.3 is 14.6 Å². The Morgan fingerprint density at radius 2 is 1.91 bits per heavy atom. The standard InChI is InChI=1S/C24H24N6O5/c1-15-7-9-17(10-8-15)30-24(33)29(2)23(32)21(27-30)22-26-20(35-28-22)12-11-19(31)25-14-16-5-4-6-18(13-16)34-3/h4-10,13H,11-12,14H2,1-3H3,(H,25,31). The highest BCUT2D eigenvalue weighted by atomic mass is 16.5. The summed E-state index contributed by atoms with van der Waals surface area (Å²) in [4.78, 5) is 41.7. The highest BCUT2D eigenvalue weighted by Crippen LogP contribution is 2.13. The number of rotatable bonds is 8. The maximum absolute atomic E-state index is 12.7. The van der Waals surface area contributed by atoms with E-state index in [9.17, 15) is 14.4 Å². The van der Waals surface area contributed by atoms with Crippen LogP contribution in [0.4, 0.5) is 0 Å². The highest BCUT2D eigenvalue weighted by Gasteiger charge is 2.19. The van der Waals surface area contributed by atoms with Crippen molar-refractivity contribution < 1.29 is 14.1 Å². The van der Waals surface area contributed by atoms with Crippen LogP contribution in [-0.4, -0.2) is 37.5 Å². The number of benzene rings is 2. The molecule has 2 aromatic carbocycles. The smallest absolute Gasteiger partial charge is 0.351 e. The van der Waals surface area contributed by atoms with Gasteiger partial charge in [0.25, 0.3) is 5.56 Å². The average molecular weight is 476 g/mol. The van der Waals surface area contributed by atoms with Gasteiger partial charge in [0.2, 0.25) is 17.6 Å². The maximum atomic E-state index is 12.7. The van der Waals surface area contributed by atoms with Gasteiger partial charge in [-0.2, -0.15) is 14.8 Å². The summed E-state index contributed by atoms with van der Waals surface area (Å²) in [6, 6.07) is 14.5. The van der Waals surface area contributed by atoms with Crippen molar-refractivity contribution in [2.75, 3.05) is 7.11 Å². The molecule has 180 valence electrons. The number of nitrogens with one attached hydrogen (secondary N) is 1. The molecule has 2 aromatic heterocycles. The van der Waals surface area contributed by atoms with Gasteiger partial charge in [0.05, 0.1) is 12.8 Å². The summed E-state index contributed by atoms with van der Waals surface area (Å²) in [7, 11) is 2.94. The Bertz CT molecular complexity index is 1470. The molecule has 2 heterocycles.